The van der Waals surface area contributed by atoms with E-state index in [1.807, 2.05) is 11.7 Å². The molecule has 0 aliphatic carbocycles. The predicted octanol–water partition coefficient (Wildman–Crippen LogP) is 1.55. The molecule has 2 heterocycles. The molecule has 1 saturated heterocycles. The van der Waals surface area contributed by atoms with E-state index in [1.54, 1.807) is 0 Å². The van der Waals surface area contributed by atoms with Crippen LogP contribution in [0.5, 0.6) is 0 Å². The van der Waals surface area contributed by atoms with Gasteiger partial charge in [0.1, 0.15) is 0 Å². The summed E-state index contributed by atoms with van der Waals surface area (Å²) in [7, 11) is 2.03. The smallest absolute Gasteiger partial charge is 0.0597 e. The summed E-state index contributed by atoms with van der Waals surface area (Å²) in [5, 5.41) is 8.05. The van der Waals surface area contributed by atoms with Gasteiger partial charge in [-0.05, 0) is 18.4 Å². The van der Waals surface area contributed by atoms with Crippen molar-refractivity contribution in [3.8, 4) is 0 Å². The zero-order valence-electron chi connectivity index (χ0n) is 12.3. The Morgan fingerprint density at radius 1 is 1.44 bits per heavy atom. The normalized spacial score (nSPS) is 22.4. The van der Waals surface area contributed by atoms with Gasteiger partial charge in [-0.25, -0.2) is 0 Å². The van der Waals surface area contributed by atoms with Gasteiger partial charge in [-0.15, -0.1) is 0 Å². The topological polar surface area (TPSA) is 33.1 Å². The lowest BCUT2D eigenvalue weighted by atomic mass is 9.85. The van der Waals surface area contributed by atoms with Crippen LogP contribution in [0.3, 0.4) is 0 Å². The molecule has 1 atom stereocenters. The molecule has 1 unspecified atom stereocenters. The fourth-order valence-corrected chi connectivity index (χ4v) is 2.58. The van der Waals surface area contributed by atoms with Crippen molar-refractivity contribution in [1.82, 2.24) is 20.0 Å². The molecule has 0 aromatic carbocycles. The van der Waals surface area contributed by atoms with Crippen molar-refractivity contribution >= 4 is 0 Å². The minimum absolute atomic E-state index is 0.320. The van der Waals surface area contributed by atoms with E-state index in [9.17, 15) is 0 Å². The number of nitrogens with one attached hydrogen (secondary N) is 1. The fourth-order valence-electron chi connectivity index (χ4n) is 2.58. The molecule has 2 rings (SSSR count). The van der Waals surface area contributed by atoms with Crippen LogP contribution in [0.4, 0.5) is 0 Å². The third-order valence-corrected chi connectivity index (χ3v) is 3.79. The van der Waals surface area contributed by atoms with E-state index in [4.69, 9.17) is 0 Å². The highest BCUT2D eigenvalue weighted by atomic mass is 15.3. The highest BCUT2D eigenvalue weighted by Gasteiger charge is 2.29. The molecule has 18 heavy (non-hydrogen) atoms. The molecule has 1 aromatic heterocycles. The Morgan fingerprint density at radius 3 is 2.72 bits per heavy atom. The SMILES string of the molecule is Cc1cc(CN2CCNC(C(C)(C)C)C2)n(C)n1. The van der Waals surface area contributed by atoms with Crippen LogP contribution in [0.1, 0.15) is 32.2 Å². The summed E-state index contributed by atoms with van der Waals surface area (Å²) in [5.74, 6) is 0. The van der Waals surface area contributed by atoms with Gasteiger partial charge in [0.2, 0.25) is 0 Å². The van der Waals surface area contributed by atoms with Crippen LogP contribution in [0.15, 0.2) is 6.07 Å². The summed E-state index contributed by atoms with van der Waals surface area (Å²) < 4.78 is 2.00. The van der Waals surface area contributed by atoms with Gasteiger partial charge in [0.05, 0.1) is 11.4 Å². The lowest BCUT2D eigenvalue weighted by Crippen LogP contribution is -2.55. The van der Waals surface area contributed by atoms with Crippen LogP contribution < -0.4 is 5.32 Å². The van der Waals surface area contributed by atoms with Crippen LogP contribution in [0.2, 0.25) is 0 Å². The molecule has 1 aliphatic heterocycles. The van der Waals surface area contributed by atoms with Gasteiger partial charge in [0, 0.05) is 39.3 Å². The summed E-state index contributed by atoms with van der Waals surface area (Å²) >= 11 is 0. The standard InChI is InChI=1S/C14H26N4/c1-11-8-12(17(5)16-11)9-18-7-6-15-13(10-18)14(2,3)4/h8,13,15H,6-7,9-10H2,1-5H3. The minimum atomic E-state index is 0.320. The number of aryl methyl sites for hydroxylation is 2. The molecule has 4 nitrogen and oxygen atoms in total. The average Bonchev–Trinajstić information content (AvgIpc) is 2.56. The largest absolute Gasteiger partial charge is 0.311 e. The highest BCUT2D eigenvalue weighted by molar-refractivity contribution is 5.08. The lowest BCUT2D eigenvalue weighted by Gasteiger charge is -2.40. The summed E-state index contributed by atoms with van der Waals surface area (Å²) in [6.45, 7) is 13.3. The van der Waals surface area contributed by atoms with Crippen LogP contribution in [-0.2, 0) is 13.6 Å². The van der Waals surface area contributed by atoms with Crippen molar-refractivity contribution in [2.75, 3.05) is 19.6 Å². The third-order valence-electron chi connectivity index (χ3n) is 3.79. The summed E-state index contributed by atoms with van der Waals surface area (Å²) in [5.41, 5.74) is 2.73. The lowest BCUT2D eigenvalue weighted by molar-refractivity contribution is 0.127. The van der Waals surface area contributed by atoms with Crippen LogP contribution in [0.25, 0.3) is 0 Å². The average molecular weight is 250 g/mol. The van der Waals surface area contributed by atoms with Gasteiger partial charge in [-0.3, -0.25) is 9.58 Å². The molecule has 1 aromatic rings. The zero-order chi connectivity index (χ0) is 13.3. The van der Waals surface area contributed by atoms with Crippen LogP contribution in [0, 0.1) is 12.3 Å². The molecule has 0 bridgehead atoms. The van der Waals surface area contributed by atoms with Crippen molar-refractivity contribution in [1.29, 1.82) is 0 Å². The first kappa shape index (κ1) is 13.6. The Morgan fingerprint density at radius 2 is 2.17 bits per heavy atom. The van der Waals surface area contributed by atoms with Gasteiger partial charge in [0.15, 0.2) is 0 Å². The van der Waals surface area contributed by atoms with Crippen LogP contribution >= 0.6 is 0 Å². The highest BCUT2D eigenvalue weighted by Crippen LogP contribution is 2.22. The molecule has 102 valence electrons. The molecule has 0 amide bonds. The first-order valence-corrected chi connectivity index (χ1v) is 6.81. The molecule has 1 N–H and O–H groups in total. The van der Waals surface area contributed by atoms with E-state index in [0.29, 0.717) is 11.5 Å². The fraction of sp³-hybridized carbons (Fsp3) is 0.786. The molecular formula is C14H26N4. The Labute approximate surface area is 110 Å². The summed E-state index contributed by atoms with van der Waals surface area (Å²) in [6, 6.07) is 2.76. The molecule has 0 spiro atoms. The minimum Gasteiger partial charge on any atom is -0.311 e. The third kappa shape index (κ3) is 3.12. The maximum Gasteiger partial charge on any atom is 0.0597 e. The summed E-state index contributed by atoms with van der Waals surface area (Å²) in [4.78, 5) is 2.53. The predicted molar refractivity (Wildman–Crippen MR) is 74.5 cm³/mol. The van der Waals surface area contributed by atoms with Crippen molar-refractivity contribution in [3.63, 3.8) is 0 Å². The van der Waals surface area contributed by atoms with E-state index in [0.717, 1.165) is 31.9 Å². The monoisotopic (exact) mass is 250 g/mol. The molecule has 1 aliphatic rings. The Bertz CT molecular complexity index is 402. The maximum atomic E-state index is 4.42. The van der Waals surface area contributed by atoms with E-state index in [2.05, 4.69) is 49.1 Å². The number of hydrogen-bond donors (Lipinski definition) is 1. The van der Waals surface area contributed by atoms with Gasteiger partial charge >= 0.3 is 0 Å². The van der Waals surface area contributed by atoms with Crippen molar-refractivity contribution in [2.45, 2.75) is 40.3 Å². The van der Waals surface area contributed by atoms with Gasteiger partial charge in [-0.1, -0.05) is 20.8 Å². The second-order valence-electron chi connectivity index (χ2n) is 6.51. The first-order chi connectivity index (χ1) is 8.36. The zero-order valence-corrected chi connectivity index (χ0v) is 12.3. The molecule has 0 radical (unpaired) electrons. The maximum absolute atomic E-state index is 4.42. The van der Waals surface area contributed by atoms with Crippen molar-refractivity contribution in [2.24, 2.45) is 12.5 Å². The first-order valence-electron chi connectivity index (χ1n) is 6.81. The number of piperazine rings is 1. The molecular weight excluding hydrogens is 224 g/mol. The van der Waals surface area contributed by atoms with Gasteiger partial charge in [-0.2, -0.15) is 5.10 Å². The number of hydrogen-bond acceptors (Lipinski definition) is 3. The number of nitrogens with zero attached hydrogens (tertiary/aromatic N) is 3. The Balaban J connectivity index is 2.00. The molecule has 0 saturated carbocycles. The second-order valence-corrected chi connectivity index (χ2v) is 6.51. The molecule has 4 heteroatoms. The van der Waals surface area contributed by atoms with Gasteiger partial charge < -0.3 is 5.32 Å². The van der Waals surface area contributed by atoms with E-state index >= 15 is 0 Å². The van der Waals surface area contributed by atoms with Crippen molar-refractivity contribution < 1.29 is 0 Å². The van der Waals surface area contributed by atoms with E-state index in [-0.39, 0.29) is 0 Å². The Kier molecular flexibility index (Phi) is 3.78. The van der Waals surface area contributed by atoms with Crippen LogP contribution in [-0.4, -0.2) is 40.4 Å². The molecule has 1 fully saturated rings. The summed E-state index contributed by atoms with van der Waals surface area (Å²) in [6.07, 6.45) is 0. The Hall–Kier alpha value is -0.870. The van der Waals surface area contributed by atoms with Gasteiger partial charge in [0.25, 0.3) is 0 Å². The van der Waals surface area contributed by atoms with E-state index < -0.39 is 0 Å². The quantitative estimate of drug-likeness (QED) is 0.864. The number of rotatable bonds is 2. The van der Waals surface area contributed by atoms with E-state index in [1.165, 1.54) is 5.69 Å². The number of aromatic nitrogens is 2. The second kappa shape index (κ2) is 5.02. The van der Waals surface area contributed by atoms with Crippen molar-refractivity contribution in [3.05, 3.63) is 17.5 Å².